The first-order valence-electron chi connectivity index (χ1n) is 18.4. The standard InChI is InChI=1S/C49H35N5O2.2Pt/c1-30-31(2)33(4)48(34(5)32(30)3)37-28-52-49(53-29-37)54-46-26-40(55-38-14-10-12-35(24-38)44-16-6-8-22-50-44)18-20-42(46)43-21-19-41(27-47(43)54)56-39-15-11-13-36(25-39)45-17-7-9-23-51-45;;/h6-23,28-29H,1-5H3;;/q-4;2*+2. The molecule has 0 bridgehead atoms. The summed E-state index contributed by atoms with van der Waals surface area (Å²) < 4.78 is 14.7. The Bertz CT molecular complexity index is 2740. The van der Waals surface area contributed by atoms with Crippen LogP contribution in [0.15, 0.2) is 122 Å². The predicted octanol–water partition coefficient (Wildman–Crippen LogP) is 11.7. The fourth-order valence-corrected chi connectivity index (χ4v) is 7.24. The molecule has 4 aromatic heterocycles. The fourth-order valence-electron chi connectivity index (χ4n) is 7.24. The molecule has 9 aromatic rings. The van der Waals surface area contributed by atoms with Crippen LogP contribution in [0.3, 0.4) is 0 Å². The van der Waals surface area contributed by atoms with Gasteiger partial charge in [0.05, 0.1) is 0 Å². The van der Waals surface area contributed by atoms with Gasteiger partial charge >= 0.3 is 42.1 Å². The quantitative estimate of drug-likeness (QED) is 0.141. The Kier molecular flexibility index (Phi) is 11.9. The number of hydrogen-bond donors (Lipinski definition) is 0. The largest absolute Gasteiger partial charge is 2.00 e. The van der Waals surface area contributed by atoms with E-state index in [0.29, 0.717) is 28.9 Å². The molecule has 0 saturated heterocycles. The second kappa shape index (κ2) is 17.0. The number of nitrogens with zero attached hydrogens (tertiary/aromatic N) is 5. The van der Waals surface area contributed by atoms with Crippen molar-refractivity contribution in [2.75, 3.05) is 0 Å². The van der Waals surface area contributed by atoms with Gasteiger partial charge in [-0.3, -0.25) is 0 Å². The number of hydrogen-bond acceptors (Lipinski definition) is 6. The van der Waals surface area contributed by atoms with Crippen molar-refractivity contribution in [3.8, 4) is 62.6 Å². The first-order chi connectivity index (χ1) is 27.3. The molecular weight excluding hydrogens is 1080 g/mol. The SMILES string of the molecule is Cc1c(C)c(C)c(-c2cnc(-n3c4[c-]c(Oc5[c-]c(-c6ccccn6)ccc5)ccc4c4ccc(Oc5[c-]c(-c6ccccn6)ccc5)[c-]c43)nc2)c(C)c1C.[Pt+2].[Pt+2]. The average Bonchev–Trinajstić information content (AvgIpc) is 3.56. The summed E-state index contributed by atoms with van der Waals surface area (Å²) in [6, 6.07) is 44.7. The maximum Gasteiger partial charge on any atom is 2.00 e. The minimum absolute atomic E-state index is 0. The number of aromatic nitrogens is 5. The van der Waals surface area contributed by atoms with E-state index in [4.69, 9.17) is 19.4 Å². The Balaban J connectivity index is 0.00000256. The summed E-state index contributed by atoms with van der Waals surface area (Å²) in [5.41, 5.74) is 13.2. The van der Waals surface area contributed by atoms with Gasteiger partial charge in [0, 0.05) is 53.3 Å². The molecule has 0 atom stereocenters. The summed E-state index contributed by atoms with van der Waals surface area (Å²) in [6.07, 6.45) is 7.34. The molecule has 58 heavy (non-hydrogen) atoms. The molecule has 9 heteroatoms. The third-order valence-electron chi connectivity index (χ3n) is 10.5. The van der Waals surface area contributed by atoms with Crippen molar-refractivity contribution in [3.63, 3.8) is 0 Å². The van der Waals surface area contributed by atoms with Crippen LogP contribution in [0.25, 0.3) is 61.4 Å². The van der Waals surface area contributed by atoms with Crippen molar-refractivity contribution in [3.05, 3.63) is 174 Å². The molecule has 0 aliphatic heterocycles. The molecule has 7 nitrogen and oxygen atoms in total. The van der Waals surface area contributed by atoms with Crippen LogP contribution in [-0.2, 0) is 42.1 Å². The monoisotopic (exact) mass is 1120 g/mol. The van der Waals surface area contributed by atoms with E-state index < -0.39 is 0 Å². The summed E-state index contributed by atoms with van der Waals surface area (Å²) in [5, 5.41) is 1.88. The average molecular weight is 1120 g/mol. The van der Waals surface area contributed by atoms with Crippen molar-refractivity contribution in [2.24, 2.45) is 0 Å². The summed E-state index contributed by atoms with van der Waals surface area (Å²) in [4.78, 5) is 18.9. The minimum Gasteiger partial charge on any atom is -0.503 e. The van der Waals surface area contributed by atoms with Gasteiger partial charge in [-0.05, 0) is 91.5 Å². The van der Waals surface area contributed by atoms with Gasteiger partial charge in [0.1, 0.15) is 0 Å². The van der Waals surface area contributed by atoms with Gasteiger partial charge in [0.25, 0.3) is 0 Å². The van der Waals surface area contributed by atoms with Crippen molar-refractivity contribution in [2.45, 2.75) is 34.6 Å². The van der Waals surface area contributed by atoms with E-state index >= 15 is 0 Å². The molecule has 5 aromatic carbocycles. The van der Waals surface area contributed by atoms with E-state index in [1.54, 1.807) is 12.4 Å². The van der Waals surface area contributed by atoms with Gasteiger partial charge in [0.2, 0.25) is 5.95 Å². The minimum atomic E-state index is 0. The van der Waals surface area contributed by atoms with Crippen LogP contribution in [0.5, 0.6) is 23.0 Å². The van der Waals surface area contributed by atoms with Gasteiger partial charge in [-0.25, -0.2) is 9.97 Å². The van der Waals surface area contributed by atoms with Gasteiger partial charge in [0.15, 0.2) is 0 Å². The second-order valence-electron chi connectivity index (χ2n) is 13.8. The Morgan fingerprint density at radius 3 is 1.34 bits per heavy atom. The molecular formula is C49H35N5O2Pt2. The third kappa shape index (κ3) is 7.65. The summed E-state index contributed by atoms with van der Waals surface area (Å²) >= 11 is 0. The van der Waals surface area contributed by atoms with Crippen LogP contribution in [-0.4, -0.2) is 24.5 Å². The molecule has 0 N–H and O–H groups in total. The van der Waals surface area contributed by atoms with E-state index in [0.717, 1.165) is 55.4 Å². The first kappa shape index (κ1) is 40.5. The Labute approximate surface area is 366 Å². The zero-order valence-corrected chi connectivity index (χ0v) is 36.8. The molecule has 0 spiro atoms. The van der Waals surface area contributed by atoms with Gasteiger partial charge < -0.3 is 24.0 Å². The molecule has 0 aliphatic carbocycles. The topological polar surface area (TPSA) is 75.0 Å². The van der Waals surface area contributed by atoms with Crippen molar-refractivity contribution >= 4 is 21.8 Å². The second-order valence-corrected chi connectivity index (χ2v) is 13.8. The van der Waals surface area contributed by atoms with Crippen molar-refractivity contribution < 1.29 is 51.6 Å². The van der Waals surface area contributed by atoms with E-state index in [1.807, 2.05) is 114 Å². The number of ether oxygens (including phenoxy) is 2. The van der Waals surface area contributed by atoms with E-state index in [1.165, 1.54) is 27.8 Å². The molecule has 0 unspecified atom stereocenters. The predicted molar refractivity (Wildman–Crippen MR) is 220 cm³/mol. The zero-order valence-electron chi connectivity index (χ0n) is 32.2. The molecule has 288 valence electrons. The van der Waals surface area contributed by atoms with Crippen molar-refractivity contribution in [1.29, 1.82) is 0 Å². The number of pyridine rings is 2. The van der Waals surface area contributed by atoms with Crippen LogP contribution in [0.1, 0.15) is 27.8 Å². The number of rotatable bonds is 8. The van der Waals surface area contributed by atoms with Gasteiger partial charge in [-0.2, -0.15) is 22.9 Å². The molecule has 0 saturated carbocycles. The molecule has 0 aliphatic rings. The molecule has 0 amide bonds. The van der Waals surface area contributed by atoms with E-state index in [2.05, 4.69) is 68.9 Å². The summed E-state index contributed by atoms with van der Waals surface area (Å²) in [6.45, 7) is 10.9. The van der Waals surface area contributed by atoms with E-state index in [9.17, 15) is 0 Å². The van der Waals surface area contributed by atoms with Crippen LogP contribution in [0, 0.1) is 58.9 Å². The first-order valence-corrected chi connectivity index (χ1v) is 18.4. The van der Waals surface area contributed by atoms with E-state index in [-0.39, 0.29) is 42.1 Å². The van der Waals surface area contributed by atoms with Gasteiger partial charge in [-0.15, -0.1) is 71.8 Å². The van der Waals surface area contributed by atoms with Crippen LogP contribution in [0.2, 0.25) is 0 Å². The van der Waals surface area contributed by atoms with Gasteiger partial charge in [-0.1, -0.05) is 47.4 Å². The molecule has 0 fully saturated rings. The number of fused-ring (bicyclic) bond motifs is 3. The molecule has 4 heterocycles. The van der Waals surface area contributed by atoms with Crippen LogP contribution < -0.4 is 9.47 Å². The summed E-state index contributed by atoms with van der Waals surface area (Å²) in [7, 11) is 0. The zero-order chi connectivity index (χ0) is 38.3. The smallest absolute Gasteiger partial charge is 0.503 e. The Morgan fingerprint density at radius 1 is 0.448 bits per heavy atom. The van der Waals surface area contributed by atoms with Crippen molar-refractivity contribution in [1.82, 2.24) is 24.5 Å². The maximum absolute atomic E-state index is 6.38. The molecule has 0 radical (unpaired) electrons. The Morgan fingerprint density at radius 2 is 0.897 bits per heavy atom. The summed E-state index contributed by atoms with van der Waals surface area (Å²) in [5.74, 6) is 2.60. The van der Waals surface area contributed by atoms with Crippen LogP contribution in [0.4, 0.5) is 0 Å². The fraction of sp³-hybridized carbons (Fsp3) is 0.102. The number of benzene rings is 5. The van der Waals surface area contributed by atoms with Crippen LogP contribution >= 0.6 is 0 Å². The normalized spacial score (nSPS) is 10.9. The maximum atomic E-state index is 6.38. The molecule has 9 rings (SSSR count). The third-order valence-corrected chi connectivity index (χ3v) is 10.5. The Hall–Kier alpha value is -5.74.